The summed E-state index contributed by atoms with van der Waals surface area (Å²) >= 11 is 0. The minimum atomic E-state index is -0.243. The van der Waals surface area contributed by atoms with E-state index in [1.807, 2.05) is 28.1 Å². The van der Waals surface area contributed by atoms with Gasteiger partial charge in [0.2, 0.25) is 0 Å². The second-order valence-corrected chi connectivity index (χ2v) is 8.78. The summed E-state index contributed by atoms with van der Waals surface area (Å²) in [5.74, 6) is -0.193. The quantitative estimate of drug-likeness (QED) is 0.546. The van der Waals surface area contributed by atoms with E-state index in [4.69, 9.17) is 10.00 Å². The van der Waals surface area contributed by atoms with Crippen LogP contribution in [0, 0.1) is 17.2 Å². The lowest BCUT2D eigenvalue weighted by Crippen LogP contribution is -2.23. The van der Waals surface area contributed by atoms with Crippen LogP contribution in [0.25, 0.3) is 0 Å². The fourth-order valence-electron chi connectivity index (χ4n) is 4.40. The summed E-state index contributed by atoms with van der Waals surface area (Å²) in [6.45, 7) is 2.20. The molecule has 0 heterocycles. The molecule has 6 heteroatoms. The maximum atomic E-state index is 12.5. The van der Waals surface area contributed by atoms with Gasteiger partial charge in [-0.25, -0.2) is 0 Å². The van der Waals surface area contributed by atoms with Gasteiger partial charge in [-0.05, 0) is 54.2 Å². The van der Waals surface area contributed by atoms with Crippen molar-refractivity contribution < 1.29 is 9.53 Å². The van der Waals surface area contributed by atoms with E-state index in [-0.39, 0.29) is 31.0 Å². The largest absolute Gasteiger partial charge is 0.465 e. The van der Waals surface area contributed by atoms with Crippen molar-refractivity contribution in [3.63, 3.8) is 0 Å². The van der Waals surface area contributed by atoms with E-state index in [0.717, 1.165) is 41.9 Å². The van der Waals surface area contributed by atoms with Crippen LogP contribution >= 0.6 is 0 Å². The Morgan fingerprint density at radius 2 is 2.06 bits per heavy atom. The molecule has 2 N–H and O–H groups in total. The fraction of sp³-hybridized carbons (Fsp3) is 0.462. The van der Waals surface area contributed by atoms with Crippen molar-refractivity contribution in [3.05, 3.63) is 53.1 Å². The van der Waals surface area contributed by atoms with Crippen molar-refractivity contribution in [1.29, 1.82) is 5.26 Å². The van der Waals surface area contributed by atoms with E-state index in [0.29, 0.717) is 6.42 Å². The maximum Gasteiger partial charge on any atom is 0.310 e. The molecule has 0 spiro atoms. The van der Waals surface area contributed by atoms with Crippen LogP contribution in [-0.4, -0.2) is 33.7 Å². The second-order valence-electron chi connectivity index (χ2n) is 8.78. The lowest BCUT2D eigenvalue weighted by atomic mass is 9.84. The summed E-state index contributed by atoms with van der Waals surface area (Å²) in [7, 11) is 5.99. The van der Waals surface area contributed by atoms with E-state index in [1.54, 1.807) is 0 Å². The molecule has 6 nitrogen and oxygen atoms in total. The number of nitrogens with one attached hydrogen (secondary N) is 2. The summed E-state index contributed by atoms with van der Waals surface area (Å²) in [5.41, 5.74) is 6.91. The van der Waals surface area contributed by atoms with Crippen LogP contribution in [0.15, 0.2) is 36.4 Å². The van der Waals surface area contributed by atoms with Crippen LogP contribution in [0.2, 0.25) is 0 Å². The number of carbonyl (C=O) groups is 1. The number of hydrogen-bond donors (Lipinski definition) is 2. The highest BCUT2D eigenvalue weighted by Crippen LogP contribution is 2.39. The Hall–Kier alpha value is -3.20. The number of esters is 1. The van der Waals surface area contributed by atoms with Gasteiger partial charge in [-0.3, -0.25) is 4.79 Å². The number of fused-ring (bicyclic) bond motifs is 1. The Labute approximate surface area is 191 Å². The number of hydrogen-bond acceptors (Lipinski definition) is 6. The van der Waals surface area contributed by atoms with Crippen LogP contribution < -0.4 is 15.5 Å². The highest BCUT2D eigenvalue weighted by atomic mass is 16.5. The van der Waals surface area contributed by atoms with Gasteiger partial charge in [0.25, 0.3) is 0 Å². The Morgan fingerprint density at radius 3 is 2.78 bits per heavy atom. The lowest BCUT2D eigenvalue weighted by molar-refractivity contribution is -0.144. The zero-order valence-electron chi connectivity index (χ0n) is 19.6. The topological polar surface area (TPSA) is 77.4 Å². The third kappa shape index (κ3) is 5.73. The van der Waals surface area contributed by atoms with E-state index in [9.17, 15) is 4.79 Å². The summed E-state index contributed by atoms with van der Waals surface area (Å²) < 4.78 is 5.43. The van der Waals surface area contributed by atoms with E-state index < -0.39 is 0 Å². The molecule has 0 radical (unpaired) electrons. The van der Waals surface area contributed by atoms with E-state index in [2.05, 4.69) is 58.0 Å². The highest BCUT2D eigenvalue weighted by Gasteiger charge is 2.26. The first-order chi connectivity index (χ1) is 15.4. The van der Waals surface area contributed by atoms with Crippen molar-refractivity contribution in [3.8, 4) is 6.07 Å². The Bertz CT molecular complexity index is 980. The van der Waals surface area contributed by atoms with Crippen molar-refractivity contribution in [2.24, 2.45) is 5.92 Å². The Kier molecular flexibility index (Phi) is 7.99. The molecule has 2 unspecified atom stereocenters. The van der Waals surface area contributed by atoms with Crippen molar-refractivity contribution in [2.45, 2.75) is 45.1 Å². The van der Waals surface area contributed by atoms with Gasteiger partial charge in [-0.1, -0.05) is 25.1 Å². The molecule has 1 aliphatic rings. The van der Waals surface area contributed by atoms with E-state index in [1.165, 1.54) is 11.1 Å². The third-order valence-electron chi connectivity index (χ3n) is 5.94. The van der Waals surface area contributed by atoms with Crippen molar-refractivity contribution in [2.75, 3.05) is 43.3 Å². The number of nitriles is 1. The summed E-state index contributed by atoms with van der Waals surface area (Å²) in [4.78, 5) is 14.6. The van der Waals surface area contributed by atoms with Crippen LogP contribution in [0.3, 0.4) is 0 Å². The minimum Gasteiger partial charge on any atom is -0.465 e. The normalized spacial score (nSPS) is 15.8. The van der Waals surface area contributed by atoms with Gasteiger partial charge >= 0.3 is 5.97 Å². The molecule has 0 bridgehead atoms. The standard InChI is InChI=1S/C26H34N4O2/c1-18(13-14-27)17-32-25(31)15-19-11-12-22-23(26(19)30(3)4)9-6-10-24(22)29-21-8-5-7-20(16-21)28-2/h5,7-8,11-12,16,18,24,28-29H,6,9-10,13,15,17H2,1-4H3. The van der Waals surface area contributed by atoms with Gasteiger partial charge in [0.05, 0.1) is 25.1 Å². The Morgan fingerprint density at radius 1 is 1.28 bits per heavy atom. The number of nitrogens with zero attached hydrogens (tertiary/aromatic N) is 2. The molecular weight excluding hydrogens is 400 g/mol. The number of anilines is 3. The summed E-state index contributed by atoms with van der Waals surface area (Å²) in [6, 6.07) is 14.9. The predicted octanol–water partition coefficient (Wildman–Crippen LogP) is 4.92. The first kappa shape index (κ1) is 23.5. The number of rotatable bonds is 9. The lowest BCUT2D eigenvalue weighted by Gasteiger charge is -2.32. The molecule has 2 aromatic rings. The average Bonchev–Trinajstić information content (AvgIpc) is 2.77. The first-order valence-corrected chi connectivity index (χ1v) is 11.3. The van der Waals surface area contributed by atoms with Gasteiger partial charge in [0.15, 0.2) is 0 Å². The molecule has 0 aliphatic heterocycles. The van der Waals surface area contributed by atoms with Gasteiger partial charge in [0, 0.05) is 50.5 Å². The molecule has 0 aromatic heterocycles. The second kappa shape index (κ2) is 10.9. The Balaban J connectivity index is 1.81. The molecule has 0 saturated carbocycles. The maximum absolute atomic E-state index is 12.5. The molecule has 170 valence electrons. The molecular formula is C26H34N4O2. The monoisotopic (exact) mass is 434 g/mol. The zero-order valence-corrected chi connectivity index (χ0v) is 19.6. The first-order valence-electron chi connectivity index (χ1n) is 11.3. The molecule has 2 aromatic carbocycles. The third-order valence-corrected chi connectivity index (χ3v) is 5.94. The van der Waals surface area contributed by atoms with Gasteiger partial charge in [0.1, 0.15) is 0 Å². The highest BCUT2D eigenvalue weighted by molar-refractivity contribution is 5.77. The van der Waals surface area contributed by atoms with Gasteiger partial charge in [-0.15, -0.1) is 0 Å². The smallest absolute Gasteiger partial charge is 0.310 e. The summed E-state index contributed by atoms with van der Waals surface area (Å²) in [6.07, 6.45) is 3.79. The van der Waals surface area contributed by atoms with Gasteiger partial charge < -0.3 is 20.3 Å². The van der Waals surface area contributed by atoms with Crippen molar-refractivity contribution >= 4 is 23.0 Å². The molecule has 0 fully saturated rings. The number of carbonyl (C=O) groups excluding carboxylic acids is 1. The van der Waals surface area contributed by atoms with Crippen LogP contribution in [0.5, 0.6) is 0 Å². The van der Waals surface area contributed by atoms with Crippen molar-refractivity contribution in [1.82, 2.24) is 0 Å². The number of benzene rings is 2. The van der Waals surface area contributed by atoms with Crippen LogP contribution in [-0.2, 0) is 22.4 Å². The molecule has 0 amide bonds. The molecule has 3 rings (SSSR count). The predicted molar refractivity (Wildman–Crippen MR) is 130 cm³/mol. The SMILES string of the molecule is CNc1cccc(NC2CCCc3c2ccc(CC(=O)OCC(C)CC#N)c3N(C)C)c1. The average molecular weight is 435 g/mol. The molecule has 2 atom stereocenters. The van der Waals surface area contributed by atoms with Crippen LogP contribution in [0.1, 0.15) is 48.9 Å². The fourth-order valence-corrected chi connectivity index (χ4v) is 4.40. The number of ether oxygens (including phenoxy) is 1. The molecule has 1 aliphatic carbocycles. The van der Waals surface area contributed by atoms with Gasteiger partial charge in [-0.2, -0.15) is 5.26 Å². The summed E-state index contributed by atoms with van der Waals surface area (Å²) in [5, 5.41) is 15.7. The minimum absolute atomic E-state index is 0.0500. The molecule has 32 heavy (non-hydrogen) atoms. The molecule has 0 saturated heterocycles. The van der Waals surface area contributed by atoms with Crippen LogP contribution in [0.4, 0.5) is 17.1 Å². The van der Waals surface area contributed by atoms with E-state index >= 15 is 0 Å². The zero-order chi connectivity index (χ0) is 23.1.